The fourth-order valence-electron chi connectivity index (χ4n) is 7.31. The normalized spacial score (nSPS) is 34.9. The molecule has 1 saturated carbocycles. The van der Waals surface area contributed by atoms with Crippen molar-refractivity contribution in [2.75, 3.05) is 7.05 Å². The lowest BCUT2D eigenvalue weighted by Crippen LogP contribution is -2.60. The third kappa shape index (κ3) is 2.92. The molecule has 3 fully saturated rings. The molecule has 4 amide bonds. The molecule has 2 aromatic carbocycles. The number of alkyl halides is 2. The van der Waals surface area contributed by atoms with E-state index in [0.29, 0.717) is 22.8 Å². The Hall–Kier alpha value is -2.90. The van der Waals surface area contributed by atoms with Crippen LogP contribution in [-0.2, 0) is 19.2 Å². The van der Waals surface area contributed by atoms with Crippen LogP contribution in [0.3, 0.4) is 0 Å². The van der Waals surface area contributed by atoms with Crippen molar-refractivity contribution < 1.29 is 24.3 Å². The standard InChI is InChI=1S/C29H28Cl2N2O5/c1-27(2,3)33-23(35)18-10-9-17-19(21(18)24(33)36)13-28(30)25(37)32(4)26(38)29(28,31)22(17)16-11-12-20(34)15-8-6-5-7-14(15)16/h5-9,11-12,18-19,21-22,34H,10,13H2,1-4H3/t18-,19+,21-,22-,28+,29-/m0/s1. The number of likely N-dealkylation sites (tertiary alicyclic amines) is 2. The number of carbonyl (C=O) groups excluding carboxylic acids is 4. The van der Waals surface area contributed by atoms with Crippen LogP contribution in [0, 0.1) is 17.8 Å². The molecule has 4 aliphatic rings. The van der Waals surface area contributed by atoms with Gasteiger partial charge in [-0.3, -0.25) is 29.0 Å². The van der Waals surface area contributed by atoms with Crippen LogP contribution in [0.5, 0.6) is 5.75 Å². The summed E-state index contributed by atoms with van der Waals surface area (Å²) in [4.78, 5) is 53.2. The van der Waals surface area contributed by atoms with Crippen molar-refractivity contribution in [2.24, 2.45) is 17.8 Å². The Kier molecular flexibility index (Phi) is 5.23. The molecule has 0 spiro atoms. The van der Waals surface area contributed by atoms with Crippen LogP contribution < -0.4 is 0 Å². The number of hydrogen-bond donors (Lipinski definition) is 1. The minimum absolute atomic E-state index is 0.0382. The van der Waals surface area contributed by atoms with Gasteiger partial charge in [-0.1, -0.05) is 42.0 Å². The maximum absolute atomic E-state index is 13.8. The maximum Gasteiger partial charge on any atom is 0.253 e. The summed E-state index contributed by atoms with van der Waals surface area (Å²) < 4.78 is 0. The zero-order valence-corrected chi connectivity index (χ0v) is 23.0. The summed E-state index contributed by atoms with van der Waals surface area (Å²) in [6, 6.07) is 10.5. The van der Waals surface area contributed by atoms with Crippen molar-refractivity contribution in [2.45, 2.75) is 54.8 Å². The predicted molar refractivity (Wildman–Crippen MR) is 143 cm³/mol. The minimum Gasteiger partial charge on any atom is -0.507 e. The van der Waals surface area contributed by atoms with Crippen LogP contribution in [0.15, 0.2) is 48.0 Å². The number of benzene rings is 2. The molecule has 6 rings (SSSR count). The zero-order valence-electron chi connectivity index (χ0n) is 21.5. The number of nitrogens with zero attached hydrogens (tertiary/aromatic N) is 2. The average Bonchev–Trinajstić information content (AvgIpc) is 3.20. The van der Waals surface area contributed by atoms with Crippen LogP contribution in [0.1, 0.15) is 45.1 Å². The van der Waals surface area contributed by atoms with Crippen molar-refractivity contribution >= 4 is 57.6 Å². The van der Waals surface area contributed by atoms with Crippen LogP contribution in [-0.4, -0.2) is 60.9 Å². The lowest BCUT2D eigenvalue weighted by Gasteiger charge is -2.51. The number of phenols is 1. The molecule has 0 bridgehead atoms. The van der Waals surface area contributed by atoms with E-state index >= 15 is 0 Å². The van der Waals surface area contributed by atoms with E-state index in [0.717, 1.165) is 10.5 Å². The van der Waals surface area contributed by atoms with Gasteiger partial charge in [0.1, 0.15) is 5.75 Å². The Bertz CT molecular complexity index is 1500. The summed E-state index contributed by atoms with van der Waals surface area (Å²) in [7, 11) is 1.37. The molecule has 0 unspecified atom stereocenters. The van der Waals surface area contributed by atoms with Crippen LogP contribution in [0.25, 0.3) is 10.8 Å². The van der Waals surface area contributed by atoms with E-state index in [1.54, 1.807) is 24.3 Å². The summed E-state index contributed by atoms with van der Waals surface area (Å²) in [6.45, 7) is 5.46. The summed E-state index contributed by atoms with van der Waals surface area (Å²) in [5, 5.41) is 11.8. The highest BCUT2D eigenvalue weighted by atomic mass is 35.5. The van der Waals surface area contributed by atoms with Gasteiger partial charge in [0.05, 0.1) is 11.8 Å². The van der Waals surface area contributed by atoms with Gasteiger partial charge in [-0.25, -0.2) is 0 Å². The summed E-state index contributed by atoms with van der Waals surface area (Å²) in [6.07, 6.45) is 2.20. The Morgan fingerprint density at radius 2 is 1.58 bits per heavy atom. The van der Waals surface area contributed by atoms with Gasteiger partial charge >= 0.3 is 0 Å². The number of halogens is 2. The Morgan fingerprint density at radius 3 is 2.24 bits per heavy atom. The lowest BCUT2D eigenvalue weighted by molar-refractivity contribution is -0.146. The molecule has 0 radical (unpaired) electrons. The van der Waals surface area contributed by atoms with Crippen LogP contribution >= 0.6 is 23.2 Å². The van der Waals surface area contributed by atoms with Gasteiger partial charge in [0.15, 0.2) is 9.75 Å². The SMILES string of the molecule is CN1C(=O)[C@]2(Cl)C[C@@H]3C(=CC[C@@H]4C(=O)N(C(C)(C)C)C(=O)[C@@H]43)[C@H](c3ccc(O)c4ccccc34)[C@]2(Cl)C1=O. The third-order valence-electron chi connectivity index (χ3n) is 8.93. The summed E-state index contributed by atoms with van der Waals surface area (Å²) in [5.74, 6) is -4.37. The lowest BCUT2D eigenvalue weighted by atomic mass is 9.56. The van der Waals surface area contributed by atoms with Crippen LogP contribution in [0.4, 0.5) is 0 Å². The molecular weight excluding hydrogens is 527 g/mol. The second kappa shape index (κ2) is 7.82. The van der Waals surface area contributed by atoms with Gasteiger partial charge < -0.3 is 5.11 Å². The first-order valence-electron chi connectivity index (χ1n) is 12.7. The molecule has 0 aromatic heterocycles. The third-order valence-corrected chi connectivity index (χ3v) is 10.3. The van der Waals surface area contributed by atoms with E-state index < -0.39 is 50.8 Å². The first kappa shape index (κ1) is 25.4. The fourth-order valence-corrected chi connectivity index (χ4v) is 8.32. The molecular formula is C29H28Cl2N2O5. The Balaban J connectivity index is 1.62. The topological polar surface area (TPSA) is 95.0 Å². The van der Waals surface area contributed by atoms with E-state index in [9.17, 15) is 24.3 Å². The van der Waals surface area contributed by atoms with E-state index in [1.807, 2.05) is 39.0 Å². The van der Waals surface area contributed by atoms with Gasteiger partial charge in [-0.2, -0.15) is 0 Å². The molecule has 9 heteroatoms. The molecule has 2 aromatic rings. The quantitative estimate of drug-likeness (QED) is 0.321. The molecule has 2 aliphatic carbocycles. The number of carbonyl (C=O) groups is 4. The van der Waals surface area contributed by atoms with Crippen molar-refractivity contribution in [3.8, 4) is 5.75 Å². The minimum atomic E-state index is -1.86. The smallest absolute Gasteiger partial charge is 0.253 e. The number of allylic oxidation sites excluding steroid dienone is 2. The second-order valence-corrected chi connectivity index (χ2v) is 13.1. The van der Waals surface area contributed by atoms with E-state index in [1.165, 1.54) is 11.9 Å². The van der Waals surface area contributed by atoms with Gasteiger partial charge in [0, 0.05) is 23.9 Å². The second-order valence-electron chi connectivity index (χ2n) is 11.9. The van der Waals surface area contributed by atoms with E-state index in [2.05, 4.69) is 0 Å². The number of fused-ring (bicyclic) bond motifs is 5. The van der Waals surface area contributed by atoms with Crippen molar-refractivity contribution in [1.82, 2.24) is 9.80 Å². The van der Waals surface area contributed by atoms with Crippen molar-refractivity contribution in [3.05, 3.63) is 53.6 Å². The monoisotopic (exact) mass is 554 g/mol. The zero-order chi connectivity index (χ0) is 27.5. The number of imide groups is 2. The molecule has 2 saturated heterocycles. The summed E-state index contributed by atoms with van der Waals surface area (Å²) in [5.41, 5.74) is 0.664. The molecule has 2 heterocycles. The Morgan fingerprint density at radius 1 is 0.921 bits per heavy atom. The number of amides is 4. The number of rotatable bonds is 1. The van der Waals surface area contributed by atoms with Gasteiger partial charge in [0.2, 0.25) is 11.8 Å². The predicted octanol–water partition coefficient (Wildman–Crippen LogP) is 4.33. The molecule has 38 heavy (non-hydrogen) atoms. The van der Waals surface area contributed by atoms with Gasteiger partial charge in [-0.05, 0) is 56.5 Å². The van der Waals surface area contributed by atoms with Crippen LogP contribution in [0.2, 0.25) is 0 Å². The highest BCUT2D eigenvalue weighted by Gasteiger charge is 2.76. The number of phenolic OH excluding ortho intramolecular Hbond substituents is 1. The number of aromatic hydroxyl groups is 1. The average molecular weight is 555 g/mol. The van der Waals surface area contributed by atoms with Gasteiger partial charge in [-0.15, -0.1) is 23.2 Å². The van der Waals surface area contributed by atoms with E-state index in [4.69, 9.17) is 23.2 Å². The molecule has 7 nitrogen and oxygen atoms in total. The van der Waals surface area contributed by atoms with Crippen molar-refractivity contribution in [1.29, 1.82) is 0 Å². The molecule has 198 valence electrons. The molecule has 1 N–H and O–H groups in total. The van der Waals surface area contributed by atoms with Crippen molar-refractivity contribution in [3.63, 3.8) is 0 Å². The first-order chi connectivity index (χ1) is 17.7. The van der Waals surface area contributed by atoms with E-state index in [-0.39, 0.29) is 24.0 Å². The largest absolute Gasteiger partial charge is 0.507 e. The molecule has 2 aliphatic heterocycles. The first-order valence-corrected chi connectivity index (χ1v) is 13.5. The fraction of sp³-hybridized carbons (Fsp3) is 0.448. The highest BCUT2D eigenvalue weighted by molar-refractivity contribution is 6.53. The molecule has 6 atom stereocenters. The Labute approximate surface area is 230 Å². The maximum atomic E-state index is 13.8. The summed E-state index contributed by atoms with van der Waals surface area (Å²) >= 11 is 14.5. The van der Waals surface area contributed by atoms with Gasteiger partial charge in [0.25, 0.3) is 11.8 Å². The number of hydrogen-bond acceptors (Lipinski definition) is 5. The highest BCUT2D eigenvalue weighted by Crippen LogP contribution is 2.66.